The van der Waals surface area contributed by atoms with E-state index in [4.69, 9.17) is 9.47 Å². The molecule has 0 fully saturated rings. The van der Waals surface area contributed by atoms with Gasteiger partial charge in [0.2, 0.25) is 0 Å². The molecule has 0 bridgehead atoms. The van der Waals surface area contributed by atoms with Gasteiger partial charge in [-0.25, -0.2) is 0 Å². The van der Waals surface area contributed by atoms with E-state index >= 15 is 0 Å². The molecule has 1 aromatic carbocycles. The highest BCUT2D eigenvalue weighted by molar-refractivity contribution is 5.39. The Morgan fingerprint density at radius 3 is 2.22 bits per heavy atom. The zero-order valence-electron chi connectivity index (χ0n) is 11.6. The minimum absolute atomic E-state index is 0.0119. The highest BCUT2D eigenvalue weighted by Gasteiger charge is 2.25. The van der Waals surface area contributed by atoms with Crippen LogP contribution in [-0.2, 0) is 0 Å². The van der Waals surface area contributed by atoms with E-state index < -0.39 is 0 Å². The Morgan fingerprint density at radius 2 is 1.72 bits per heavy atom. The fraction of sp³-hybridized carbons (Fsp3) is 0.600. The number of rotatable bonds is 8. The number of hydrogen-bond donors (Lipinski definition) is 1. The van der Waals surface area contributed by atoms with E-state index in [0.717, 1.165) is 30.8 Å². The second-order valence-corrected chi connectivity index (χ2v) is 4.61. The van der Waals surface area contributed by atoms with Crippen molar-refractivity contribution in [3.8, 4) is 11.5 Å². The Bertz CT molecular complexity index is 337. The molecule has 0 spiro atoms. The van der Waals surface area contributed by atoms with Crippen LogP contribution in [0.1, 0.15) is 33.1 Å². The average Bonchev–Trinajstić information content (AvgIpc) is 2.44. The van der Waals surface area contributed by atoms with Crippen LogP contribution in [0.2, 0.25) is 0 Å². The fourth-order valence-electron chi connectivity index (χ4n) is 2.02. The summed E-state index contributed by atoms with van der Waals surface area (Å²) >= 11 is 0. The molecule has 0 aliphatic rings. The lowest BCUT2D eigenvalue weighted by Crippen LogP contribution is -2.26. The average molecular weight is 252 g/mol. The van der Waals surface area contributed by atoms with Crippen LogP contribution >= 0.6 is 0 Å². The van der Waals surface area contributed by atoms with Crippen LogP contribution in [-0.4, -0.2) is 25.4 Å². The van der Waals surface area contributed by atoms with Crippen molar-refractivity contribution >= 4 is 0 Å². The molecule has 0 heterocycles. The molecular formula is C15H24O3. The summed E-state index contributed by atoms with van der Waals surface area (Å²) in [6, 6.07) is 7.63. The Kier molecular flexibility index (Phi) is 5.99. The molecule has 0 aliphatic heterocycles. The monoisotopic (exact) mass is 252 g/mol. The maximum atomic E-state index is 9.49. The van der Waals surface area contributed by atoms with Crippen LogP contribution in [0.3, 0.4) is 0 Å². The smallest absolute Gasteiger partial charge is 0.161 e. The zero-order chi connectivity index (χ0) is 13.4. The second-order valence-electron chi connectivity index (χ2n) is 4.61. The number of aliphatic hydroxyl groups excluding tert-OH is 1. The second kappa shape index (κ2) is 7.27. The van der Waals surface area contributed by atoms with Crippen molar-refractivity contribution in [1.82, 2.24) is 0 Å². The van der Waals surface area contributed by atoms with Crippen molar-refractivity contribution in [3.05, 3.63) is 24.3 Å². The molecular weight excluding hydrogens is 228 g/mol. The minimum Gasteiger partial charge on any atom is -0.493 e. The van der Waals surface area contributed by atoms with Crippen molar-refractivity contribution < 1.29 is 14.6 Å². The molecule has 18 heavy (non-hydrogen) atoms. The van der Waals surface area contributed by atoms with Gasteiger partial charge in [0.15, 0.2) is 11.5 Å². The molecule has 3 heteroatoms. The summed E-state index contributed by atoms with van der Waals surface area (Å²) < 4.78 is 11.0. The van der Waals surface area contributed by atoms with Crippen molar-refractivity contribution in [1.29, 1.82) is 0 Å². The normalized spacial score (nSPS) is 11.3. The lowest BCUT2D eigenvalue weighted by atomic mass is 9.80. The maximum Gasteiger partial charge on any atom is 0.161 e. The summed E-state index contributed by atoms with van der Waals surface area (Å²) in [4.78, 5) is 0. The maximum absolute atomic E-state index is 9.49. The van der Waals surface area contributed by atoms with Gasteiger partial charge >= 0.3 is 0 Å². The first-order valence-corrected chi connectivity index (χ1v) is 6.58. The van der Waals surface area contributed by atoms with Crippen LogP contribution in [0.25, 0.3) is 0 Å². The van der Waals surface area contributed by atoms with Gasteiger partial charge in [0.1, 0.15) is 0 Å². The summed E-state index contributed by atoms with van der Waals surface area (Å²) in [5.41, 5.74) is -0.0119. The molecule has 102 valence electrons. The number of hydrogen-bond acceptors (Lipinski definition) is 3. The summed E-state index contributed by atoms with van der Waals surface area (Å²) in [6.45, 7) is 5.05. The van der Waals surface area contributed by atoms with Crippen LogP contribution in [0.5, 0.6) is 11.5 Å². The zero-order valence-corrected chi connectivity index (χ0v) is 11.6. The van der Waals surface area contributed by atoms with Gasteiger partial charge in [0.25, 0.3) is 0 Å². The molecule has 0 saturated carbocycles. The predicted octanol–water partition coefficient (Wildman–Crippen LogP) is 3.26. The van der Waals surface area contributed by atoms with Crippen LogP contribution < -0.4 is 9.47 Å². The number of methoxy groups -OCH3 is 1. The molecule has 0 aliphatic carbocycles. The molecule has 0 atom stereocenters. The Balaban J connectivity index is 2.55. The van der Waals surface area contributed by atoms with Gasteiger partial charge in [-0.15, -0.1) is 0 Å². The van der Waals surface area contributed by atoms with E-state index in [2.05, 4.69) is 13.8 Å². The summed E-state index contributed by atoms with van der Waals surface area (Å²) in [5.74, 6) is 1.51. The predicted molar refractivity (Wildman–Crippen MR) is 73.2 cm³/mol. The molecule has 0 amide bonds. The molecule has 3 nitrogen and oxygen atoms in total. The Morgan fingerprint density at radius 1 is 1.11 bits per heavy atom. The van der Waals surface area contributed by atoms with Gasteiger partial charge in [0, 0.05) is 6.61 Å². The highest BCUT2D eigenvalue weighted by Crippen LogP contribution is 2.31. The summed E-state index contributed by atoms with van der Waals surface area (Å²) in [6.07, 6.45) is 2.79. The highest BCUT2D eigenvalue weighted by atomic mass is 16.5. The third kappa shape index (κ3) is 3.64. The summed E-state index contributed by atoms with van der Waals surface area (Å²) in [7, 11) is 1.64. The van der Waals surface area contributed by atoms with Crippen molar-refractivity contribution in [3.63, 3.8) is 0 Å². The van der Waals surface area contributed by atoms with Gasteiger partial charge in [-0.05, 0) is 36.8 Å². The summed E-state index contributed by atoms with van der Waals surface area (Å²) in [5, 5.41) is 9.49. The minimum atomic E-state index is -0.0119. The lowest BCUT2D eigenvalue weighted by molar-refractivity contribution is 0.0865. The van der Waals surface area contributed by atoms with Gasteiger partial charge in [-0.3, -0.25) is 0 Å². The first kappa shape index (κ1) is 14.8. The van der Waals surface area contributed by atoms with Crippen LogP contribution in [0.15, 0.2) is 24.3 Å². The van der Waals surface area contributed by atoms with E-state index in [1.807, 2.05) is 24.3 Å². The molecule has 0 radical (unpaired) electrons. The lowest BCUT2D eigenvalue weighted by Gasteiger charge is -2.29. The molecule has 1 N–H and O–H groups in total. The standard InChI is InChI=1S/C15H24O3/c1-4-15(5-2,12-16)10-11-18-14-9-7-6-8-13(14)17-3/h6-9,16H,4-5,10-12H2,1-3H3. The van der Waals surface area contributed by atoms with Crippen molar-refractivity contribution in [2.24, 2.45) is 5.41 Å². The first-order chi connectivity index (χ1) is 8.71. The number of para-hydroxylation sites is 2. The van der Waals surface area contributed by atoms with Gasteiger partial charge < -0.3 is 14.6 Å². The largest absolute Gasteiger partial charge is 0.493 e. The molecule has 0 unspecified atom stereocenters. The molecule has 1 rings (SSSR count). The van der Waals surface area contributed by atoms with E-state index in [-0.39, 0.29) is 12.0 Å². The SMILES string of the molecule is CCC(CC)(CO)CCOc1ccccc1OC. The molecule has 1 aromatic rings. The van der Waals surface area contributed by atoms with Gasteiger partial charge in [0.05, 0.1) is 13.7 Å². The van der Waals surface area contributed by atoms with Crippen molar-refractivity contribution in [2.75, 3.05) is 20.3 Å². The Hall–Kier alpha value is -1.22. The van der Waals surface area contributed by atoms with E-state index in [9.17, 15) is 5.11 Å². The third-order valence-electron chi connectivity index (χ3n) is 3.79. The third-order valence-corrected chi connectivity index (χ3v) is 3.79. The fourth-order valence-corrected chi connectivity index (χ4v) is 2.02. The van der Waals surface area contributed by atoms with Gasteiger partial charge in [-0.1, -0.05) is 26.0 Å². The van der Waals surface area contributed by atoms with Crippen molar-refractivity contribution in [2.45, 2.75) is 33.1 Å². The Labute approximate surface area is 110 Å². The van der Waals surface area contributed by atoms with E-state index in [1.165, 1.54) is 0 Å². The number of aliphatic hydroxyl groups is 1. The van der Waals surface area contributed by atoms with Crippen LogP contribution in [0, 0.1) is 5.41 Å². The number of ether oxygens (including phenoxy) is 2. The van der Waals surface area contributed by atoms with E-state index in [1.54, 1.807) is 7.11 Å². The molecule has 0 saturated heterocycles. The first-order valence-electron chi connectivity index (χ1n) is 6.58. The van der Waals surface area contributed by atoms with Gasteiger partial charge in [-0.2, -0.15) is 0 Å². The molecule has 0 aromatic heterocycles. The van der Waals surface area contributed by atoms with E-state index in [0.29, 0.717) is 6.61 Å². The van der Waals surface area contributed by atoms with Crippen LogP contribution in [0.4, 0.5) is 0 Å². The number of benzene rings is 1. The topological polar surface area (TPSA) is 38.7 Å². The quantitative estimate of drug-likeness (QED) is 0.771.